The average molecular weight is 654 g/mol. The number of hydrogen-bond acceptors (Lipinski definition) is 9. The third kappa shape index (κ3) is 5.34. The Kier molecular flexibility index (Phi) is 7.56. The fourth-order valence-corrected chi connectivity index (χ4v) is 8.42. The van der Waals surface area contributed by atoms with E-state index in [-0.39, 0.29) is 29.1 Å². The van der Waals surface area contributed by atoms with Gasteiger partial charge in [0.2, 0.25) is 5.91 Å². The van der Waals surface area contributed by atoms with Gasteiger partial charge in [0.25, 0.3) is 5.91 Å². The molecule has 2 aromatic rings. The number of amides is 2. The highest BCUT2D eigenvalue weighted by Crippen LogP contribution is 2.47. The maximum Gasteiger partial charge on any atom is 0.436 e. The van der Waals surface area contributed by atoms with Crippen molar-refractivity contribution in [1.29, 1.82) is 0 Å². The number of carbonyl (C=O) groups excluding carboxylic acids is 2. The Morgan fingerprint density at radius 3 is 2.63 bits per heavy atom. The van der Waals surface area contributed by atoms with Crippen LogP contribution in [0.1, 0.15) is 41.6 Å². The number of aryl methyl sites for hydroxylation is 2. The Labute approximate surface area is 234 Å². The predicted octanol–water partition coefficient (Wildman–Crippen LogP) is 3.62. The highest BCUT2D eigenvalue weighted by molar-refractivity contribution is 9.10. The van der Waals surface area contributed by atoms with Crippen LogP contribution in [0.3, 0.4) is 0 Å². The van der Waals surface area contributed by atoms with Crippen molar-refractivity contribution >= 4 is 68.6 Å². The first-order valence-corrected chi connectivity index (χ1v) is 15.1. The Bertz CT molecular complexity index is 1340. The van der Waals surface area contributed by atoms with Crippen LogP contribution in [0.25, 0.3) is 0 Å². The van der Waals surface area contributed by atoms with Crippen LogP contribution in [0.4, 0.5) is 13.2 Å². The molecule has 2 aromatic heterocycles. The van der Waals surface area contributed by atoms with Gasteiger partial charge in [-0.3, -0.25) is 19.2 Å². The molecule has 38 heavy (non-hydrogen) atoms. The molecule has 0 aromatic carbocycles. The summed E-state index contributed by atoms with van der Waals surface area (Å²) in [5.41, 5.74) is -0.115. The zero-order valence-corrected chi connectivity index (χ0v) is 23.7. The van der Waals surface area contributed by atoms with Gasteiger partial charge < -0.3 is 10.4 Å². The van der Waals surface area contributed by atoms with E-state index < -0.39 is 41.1 Å². The minimum atomic E-state index is -4.63. The van der Waals surface area contributed by atoms with Crippen LogP contribution in [0, 0.1) is 6.92 Å². The molecule has 0 spiro atoms. The van der Waals surface area contributed by atoms with Crippen molar-refractivity contribution in [3.8, 4) is 0 Å². The molecule has 0 bridgehead atoms. The summed E-state index contributed by atoms with van der Waals surface area (Å²) in [5.74, 6) is -1.64. The highest BCUT2D eigenvalue weighted by atomic mass is 79.9. The number of thioether (sulfide) groups is 2. The largest absolute Gasteiger partial charge is 0.477 e. The lowest BCUT2D eigenvalue weighted by atomic mass is 10.0. The first kappa shape index (κ1) is 27.5. The van der Waals surface area contributed by atoms with Gasteiger partial charge in [-0.15, -0.1) is 22.0 Å². The van der Waals surface area contributed by atoms with Crippen LogP contribution < -0.4 is 5.32 Å². The van der Waals surface area contributed by atoms with E-state index >= 15 is 0 Å². The Morgan fingerprint density at radius 2 is 2.03 bits per heavy atom. The first-order valence-electron chi connectivity index (χ1n) is 11.4. The lowest BCUT2D eigenvalue weighted by molar-refractivity contribution is -0.150. The van der Waals surface area contributed by atoms with Crippen molar-refractivity contribution in [3.05, 3.63) is 32.1 Å². The van der Waals surface area contributed by atoms with Gasteiger partial charge in [-0.1, -0.05) is 23.1 Å². The molecule has 1 saturated heterocycles. The number of nitrogens with one attached hydrogen (secondary N) is 1. The van der Waals surface area contributed by atoms with Crippen molar-refractivity contribution in [1.82, 2.24) is 30.2 Å². The number of alkyl halides is 3. The molecule has 5 rings (SSSR count). The van der Waals surface area contributed by atoms with Crippen molar-refractivity contribution in [2.75, 3.05) is 11.5 Å². The predicted molar refractivity (Wildman–Crippen MR) is 137 cm³/mol. The molecule has 0 unspecified atom stereocenters. The number of carbonyl (C=O) groups is 3. The Balaban J connectivity index is 1.22. The third-order valence-electron chi connectivity index (χ3n) is 6.16. The second kappa shape index (κ2) is 10.5. The fourth-order valence-electron chi connectivity index (χ4n) is 4.28. The van der Waals surface area contributed by atoms with E-state index in [1.54, 1.807) is 0 Å². The van der Waals surface area contributed by atoms with Crippen LogP contribution in [0.5, 0.6) is 0 Å². The smallest absolute Gasteiger partial charge is 0.436 e. The summed E-state index contributed by atoms with van der Waals surface area (Å²) in [4.78, 5) is 38.7. The summed E-state index contributed by atoms with van der Waals surface area (Å²) in [6.07, 6.45) is -3.31. The summed E-state index contributed by atoms with van der Waals surface area (Å²) >= 11 is 7.11. The monoisotopic (exact) mass is 652 g/mol. The molecule has 2 N–H and O–H groups in total. The number of nitrogens with zero attached hydrogens (tertiary/aromatic N) is 5. The number of aromatic nitrogens is 4. The third-order valence-corrected chi connectivity index (χ3v) is 10.3. The SMILES string of the molecule is Cc1nnc(SCC2=C(C(=O)O)N3C(=O)[C@@H](NC(=O)CCn4nc(C(F)(F)F)c(Br)c4C4CC4)[C@@H]3SC2)s1. The molecule has 1 saturated carbocycles. The molecule has 2 fully saturated rings. The summed E-state index contributed by atoms with van der Waals surface area (Å²) in [7, 11) is 0. The van der Waals surface area contributed by atoms with E-state index in [4.69, 9.17) is 0 Å². The molecule has 2 atom stereocenters. The van der Waals surface area contributed by atoms with Gasteiger partial charge in [-0.25, -0.2) is 4.79 Å². The van der Waals surface area contributed by atoms with Crippen LogP contribution in [-0.2, 0) is 27.1 Å². The topological polar surface area (TPSA) is 130 Å². The van der Waals surface area contributed by atoms with E-state index in [2.05, 4.69) is 36.5 Å². The lowest BCUT2D eigenvalue weighted by Crippen LogP contribution is -2.70. The minimum absolute atomic E-state index is 0.0408. The van der Waals surface area contributed by atoms with Crippen LogP contribution in [0.15, 0.2) is 20.1 Å². The van der Waals surface area contributed by atoms with Gasteiger partial charge in [0.1, 0.15) is 22.1 Å². The molecule has 2 amide bonds. The second-order valence-corrected chi connectivity index (χ2v) is 13.2. The van der Waals surface area contributed by atoms with Crippen molar-refractivity contribution in [2.45, 2.75) is 60.6 Å². The molecule has 2 aliphatic heterocycles. The number of hydrogen-bond donors (Lipinski definition) is 2. The number of aliphatic carboxylic acids is 1. The molecular formula is C21H20BrF3N6O4S3. The molecule has 0 radical (unpaired) electrons. The van der Waals surface area contributed by atoms with E-state index in [0.717, 1.165) is 17.8 Å². The number of fused-ring (bicyclic) bond motifs is 1. The minimum Gasteiger partial charge on any atom is -0.477 e. The zero-order chi connectivity index (χ0) is 27.4. The summed E-state index contributed by atoms with van der Waals surface area (Å²) in [5, 5.41) is 24.3. The second-order valence-electron chi connectivity index (χ2n) is 8.88. The van der Waals surface area contributed by atoms with Gasteiger partial charge in [0.15, 0.2) is 10.0 Å². The lowest BCUT2D eigenvalue weighted by Gasteiger charge is -2.49. The maximum atomic E-state index is 13.3. The molecule has 17 heteroatoms. The Morgan fingerprint density at radius 1 is 1.29 bits per heavy atom. The summed E-state index contributed by atoms with van der Waals surface area (Å²) < 4.78 is 41.8. The Hall–Kier alpha value is -2.11. The molecule has 10 nitrogen and oxygen atoms in total. The van der Waals surface area contributed by atoms with Gasteiger partial charge in [0.05, 0.1) is 16.7 Å². The molecular weight excluding hydrogens is 633 g/mol. The van der Waals surface area contributed by atoms with E-state index in [1.807, 2.05) is 6.92 Å². The number of carboxylic acids is 1. The van der Waals surface area contributed by atoms with Crippen LogP contribution >= 0.6 is 50.8 Å². The van der Waals surface area contributed by atoms with Gasteiger partial charge in [-0.05, 0) is 41.3 Å². The standard InChI is InChI=1S/C21H20BrF3N6O4S3/c1-8-27-28-20(38-8)37-7-10-6-36-18-13(17(33)31(18)15(10)19(34)35)26-11(32)4-5-30-14(9-2-3-9)12(22)16(29-30)21(23,24)25/h9,13,18H,2-7H2,1H3,(H,26,32)(H,34,35)/t13-,18+/m1/s1. The molecule has 4 heterocycles. The molecule has 1 aliphatic carbocycles. The van der Waals surface area contributed by atoms with Gasteiger partial charge in [-0.2, -0.15) is 18.3 Å². The fraction of sp³-hybridized carbons (Fsp3) is 0.524. The van der Waals surface area contributed by atoms with E-state index in [1.165, 1.54) is 44.4 Å². The maximum absolute atomic E-state index is 13.3. The quantitative estimate of drug-likeness (QED) is 0.308. The van der Waals surface area contributed by atoms with Crippen molar-refractivity contribution < 1.29 is 32.7 Å². The van der Waals surface area contributed by atoms with E-state index in [0.29, 0.717) is 27.1 Å². The first-order chi connectivity index (χ1) is 18.0. The normalized spacial score (nSPS) is 21.4. The van der Waals surface area contributed by atoms with Gasteiger partial charge >= 0.3 is 12.1 Å². The highest BCUT2D eigenvalue weighted by Gasteiger charge is 2.54. The van der Waals surface area contributed by atoms with Crippen LogP contribution in [-0.4, -0.2) is 70.7 Å². The van der Waals surface area contributed by atoms with Crippen LogP contribution in [0.2, 0.25) is 0 Å². The number of β-lactam (4-membered cyclic amide) rings is 1. The molecule has 3 aliphatic rings. The summed E-state index contributed by atoms with van der Waals surface area (Å²) in [6.45, 7) is 1.74. The zero-order valence-electron chi connectivity index (χ0n) is 19.6. The number of rotatable bonds is 9. The molecule has 204 valence electrons. The number of halogens is 4. The van der Waals surface area contributed by atoms with E-state index in [9.17, 15) is 32.7 Å². The van der Waals surface area contributed by atoms with Crippen molar-refractivity contribution in [3.63, 3.8) is 0 Å². The average Bonchev–Trinajstić information content (AvgIpc) is 3.50. The van der Waals surface area contributed by atoms with Gasteiger partial charge in [0, 0.05) is 23.8 Å². The van der Waals surface area contributed by atoms with Crippen molar-refractivity contribution in [2.24, 2.45) is 0 Å². The number of carboxylic acid groups (broad SMARTS) is 1. The summed E-state index contributed by atoms with van der Waals surface area (Å²) in [6, 6.07) is -0.917.